The summed E-state index contributed by atoms with van der Waals surface area (Å²) in [5, 5.41) is 0. The highest BCUT2D eigenvalue weighted by Gasteiger charge is 2.15. The first-order valence-electron chi connectivity index (χ1n) is 9.14. The van der Waals surface area contributed by atoms with Gasteiger partial charge in [-0.15, -0.1) is 0 Å². The summed E-state index contributed by atoms with van der Waals surface area (Å²) in [4.78, 5) is 25.2. The first kappa shape index (κ1) is 21.3. The third kappa shape index (κ3) is 5.52. The third-order valence-electron chi connectivity index (χ3n) is 4.43. The van der Waals surface area contributed by atoms with Gasteiger partial charge in [-0.2, -0.15) is 0 Å². The van der Waals surface area contributed by atoms with Crippen LogP contribution in [0.4, 0.5) is 0 Å². The van der Waals surface area contributed by atoms with E-state index in [-0.39, 0.29) is 18.3 Å². The van der Waals surface area contributed by atoms with Crippen LogP contribution in [0.15, 0.2) is 36.4 Å². The van der Waals surface area contributed by atoms with Gasteiger partial charge in [-0.1, -0.05) is 23.7 Å². The lowest BCUT2D eigenvalue weighted by atomic mass is 9.94. The van der Waals surface area contributed by atoms with Gasteiger partial charge in [0.2, 0.25) is 5.91 Å². The van der Waals surface area contributed by atoms with Gasteiger partial charge in [0.25, 0.3) is 0 Å². The summed E-state index contributed by atoms with van der Waals surface area (Å²) in [6.07, 6.45) is 0.144. The highest BCUT2D eigenvalue weighted by atomic mass is 16.5. The molecule has 1 amide bonds. The van der Waals surface area contributed by atoms with Crippen LogP contribution in [0.5, 0.6) is 17.2 Å². The number of ether oxygens (including phenoxy) is 3. The summed E-state index contributed by atoms with van der Waals surface area (Å²) < 4.78 is 16.3. The molecule has 0 spiro atoms. The van der Waals surface area contributed by atoms with Crippen molar-refractivity contribution in [1.82, 2.24) is 4.90 Å². The molecule has 0 aliphatic heterocycles. The van der Waals surface area contributed by atoms with E-state index in [1.165, 1.54) is 7.11 Å². The minimum Gasteiger partial charge on any atom is -0.493 e. The van der Waals surface area contributed by atoms with E-state index in [9.17, 15) is 9.59 Å². The molecule has 0 saturated carbocycles. The second-order valence-electron chi connectivity index (χ2n) is 6.48. The lowest BCUT2D eigenvalue weighted by molar-refractivity contribution is -0.139. The Morgan fingerprint density at radius 2 is 1.75 bits per heavy atom. The summed E-state index contributed by atoms with van der Waals surface area (Å²) in [7, 11) is 4.91. The maximum absolute atomic E-state index is 11.8. The smallest absolute Gasteiger partial charge is 0.309 e. The Labute approximate surface area is 166 Å². The van der Waals surface area contributed by atoms with Crippen LogP contribution in [0.25, 0.3) is 0 Å². The van der Waals surface area contributed by atoms with Crippen LogP contribution in [0.1, 0.15) is 25.0 Å². The van der Waals surface area contributed by atoms with Gasteiger partial charge in [0.15, 0.2) is 11.5 Å². The normalized spacial score (nSPS) is 10.3. The first-order valence-corrected chi connectivity index (χ1v) is 9.14. The first-order chi connectivity index (χ1) is 13.4. The van der Waals surface area contributed by atoms with Gasteiger partial charge < -0.3 is 19.1 Å². The average molecular weight is 383 g/mol. The standard InChI is InChI=1S/C21H26BNO5/c1-5-23(14(2)24)13-16-12-17(22)7-9-18(16)28-20-10-15(11-21(25)27-4)6-8-19(20)26-3/h6-10,12H,5,11,13,22H2,1-4H3. The van der Waals surface area contributed by atoms with Crippen LogP contribution >= 0.6 is 0 Å². The average Bonchev–Trinajstić information content (AvgIpc) is 2.67. The molecule has 0 aliphatic rings. The van der Waals surface area contributed by atoms with Crippen molar-refractivity contribution in [2.24, 2.45) is 0 Å². The van der Waals surface area contributed by atoms with Crippen LogP contribution in [0.2, 0.25) is 0 Å². The lowest BCUT2D eigenvalue weighted by Crippen LogP contribution is -2.28. The van der Waals surface area contributed by atoms with Gasteiger partial charge in [0.1, 0.15) is 13.6 Å². The number of hydrogen-bond acceptors (Lipinski definition) is 5. The van der Waals surface area contributed by atoms with Crippen molar-refractivity contribution in [2.75, 3.05) is 20.8 Å². The predicted molar refractivity (Wildman–Crippen MR) is 110 cm³/mol. The van der Waals surface area contributed by atoms with Gasteiger partial charge in [0, 0.05) is 25.6 Å². The van der Waals surface area contributed by atoms with E-state index in [1.807, 2.05) is 33.0 Å². The van der Waals surface area contributed by atoms with Gasteiger partial charge >= 0.3 is 5.97 Å². The lowest BCUT2D eigenvalue weighted by Gasteiger charge is -2.21. The number of hydrogen-bond donors (Lipinski definition) is 0. The molecule has 7 heteroatoms. The number of benzene rings is 2. The third-order valence-corrected chi connectivity index (χ3v) is 4.43. The van der Waals surface area contributed by atoms with Crippen LogP contribution in [-0.4, -0.2) is 45.4 Å². The molecule has 0 aromatic heterocycles. The van der Waals surface area contributed by atoms with E-state index < -0.39 is 0 Å². The molecule has 2 aromatic carbocycles. The Hall–Kier alpha value is -2.96. The fourth-order valence-corrected chi connectivity index (χ4v) is 2.85. The maximum atomic E-state index is 11.8. The maximum Gasteiger partial charge on any atom is 0.309 e. The van der Waals surface area contributed by atoms with Crippen molar-refractivity contribution < 1.29 is 23.8 Å². The Balaban J connectivity index is 2.37. The number of nitrogens with zero attached hydrogens (tertiary/aromatic N) is 1. The molecular formula is C21H26BNO5. The molecular weight excluding hydrogens is 357 g/mol. The predicted octanol–water partition coefficient (Wildman–Crippen LogP) is 1.83. The molecule has 0 radical (unpaired) electrons. The molecule has 0 aliphatic carbocycles. The van der Waals surface area contributed by atoms with Crippen molar-refractivity contribution in [3.05, 3.63) is 47.5 Å². The SMILES string of the molecule is Bc1ccc(Oc2cc(CC(=O)OC)ccc2OC)c(CN(CC)C(C)=O)c1. The van der Waals surface area contributed by atoms with Crippen molar-refractivity contribution in [3.63, 3.8) is 0 Å². The fraction of sp³-hybridized carbons (Fsp3) is 0.333. The molecule has 6 nitrogen and oxygen atoms in total. The van der Waals surface area contributed by atoms with E-state index in [2.05, 4.69) is 0 Å². The Bertz CT molecular complexity index is 853. The molecule has 148 valence electrons. The van der Waals surface area contributed by atoms with Crippen molar-refractivity contribution >= 4 is 25.2 Å². The molecule has 2 rings (SSSR count). The molecule has 28 heavy (non-hydrogen) atoms. The zero-order valence-corrected chi connectivity index (χ0v) is 17.1. The van der Waals surface area contributed by atoms with E-state index in [4.69, 9.17) is 14.2 Å². The number of methoxy groups -OCH3 is 2. The summed E-state index contributed by atoms with van der Waals surface area (Å²) in [6.45, 7) is 4.56. The summed E-state index contributed by atoms with van der Waals surface area (Å²) in [5.74, 6) is 1.37. The van der Waals surface area contributed by atoms with Gasteiger partial charge in [-0.05, 0) is 30.7 Å². The molecule has 0 saturated heterocycles. The molecule has 0 bridgehead atoms. The van der Waals surface area contributed by atoms with Gasteiger partial charge in [-0.25, -0.2) is 0 Å². The molecule has 0 atom stereocenters. The topological polar surface area (TPSA) is 65.1 Å². The Kier molecular flexibility index (Phi) is 7.49. The number of esters is 1. The second-order valence-corrected chi connectivity index (χ2v) is 6.48. The van der Waals surface area contributed by atoms with Crippen LogP contribution < -0.4 is 14.9 Å². The van der Waals surface area contributed by atoms with Crippen molar-refractivity contribution in [1.29, 1.82) is 0 Å². The number of amides is 1. The summed E-state index contributed by atoms with van der Waals surface area (Å²) >= 11 is 0. The number of rotatable bonds is 8. The van der Waals surface area contributed by atoms with Crippen LogP contribution in [0, 0.1) is 0 Å². The van der Waals surface area contributed by atoms with Gasteiger partial charge in [-0.3, -0.25) is 9.59 Å². The number of carbonyl (C=O) groups is 2. The summed E-state index contributed by atoms with van der Waals surface area (Å²) in [5.41, 5.74) is 2.74. The quantitative estimate of drug-likeness (QED) is 0.514. The van der Waals surface area contributed by atoms with Crippen LogP contribution in [-0.2, 0) is 27.3 Å². The highest BCUT2D eigenvalue weighted by Crippen LogP contribution is 2.34. The zero-order valence-electron chi connectivity index (χ0n) is 17.1. The Morgan fingerprint density at radius 3 is 2.36 bits per heavy atom. The molecule has 0 fully saturated rings. The van der Waals surface area contributed by atoms with Crippen molar-refractivity contribution in [3.8, 4) is 17.2 Å². The van der Waals surface area contributed by atoms with Crippen molar-refractivity contribution in [2.45, 2.75) is 26.8 Å². The Morgan fingerprint density at radius 1 is 1.04 bits per heavy atom. The summed E-state index contributed by atoms with van der Waals surface area (Å²) in [6, 6.07) is 11.2. The zero-order chi connectivity index (χ0) is 20.7. The minimum atomic E-state index is -0.327. The molecule has 0 heterocycles. The molecule has 0 unspecified atom stereocenters. The minimum absolute atomic E-state index is 0.00705. The number of carbonyl (C=O) groups excluding carboxylic acids is 2. The van der Waals surface area contributed by atoms with E-state index in [0.29, 0.717) is 30.3 Å². The fourth-order valence-electron chi connectivity index (χ4n) is 2.85. The largest absolute Gasteiger partial charge is 0.493 e. The van der Waals surface area contributed by atoms with E-state index >= 15 is 0 Å². The molecule has 2 aromatic rings. The van der Waals surface area contributed by atoms with E-state index in [1.54, 1.807) is 37.1 Å². The van der Waals surface area contributed by atoms with E-state index in [0.717, 1.165) is 16.6 Å². The van der Waals surface area contributed by atoms with Crippen LogP contribution in [0.3, 0.4) is 0 Å². The monoisotopic (exact) mass is 383 g/mol. The van der Waals surface area contributed by atoms with Gasteiger partial charge in [0.05, 0.1) is 20.6 Å². The highest BCUT2D eigenvalue weighted by molar-refractivity contribution is 6.32. The second kappa shape index (κ2) is 9.83. The molecule has 0 N–H and O–H groups in total.